The van der Waals surface area contributed by atoms with E-state index in [4.69, 9.17) is 23.8 Å². The predicted molar refractivity (Wildman–Crippen MR) is 112 cm³/mol. The van der Waals surface area contributed by atoms with Crippen LogP contribution >= 0.6 is 23.8 Å². The first-order valence-electron chi connectivity index (χ1n) is 9.66. The number of rotatable bonds is 5. The number of aromatic nitrogens is 4. The number of halogens is 2. The van der Waals surface area contributed by atoms with Crippen LogP contribution in [0.15, 0.2) is 36.8 Å². The van der Waals surface area contributed by atoms with E-state index >= 15 is 0 Å². The fourth-order valence-corrected chi connectivity index (χ4v) is 5.13. The topological polar surface area (TPSA) is 64.7 Å². The van der Waals surface area contributed by atoms with Crippen molar-refractivity contribution < 1.29 is 9.18 Å². The number of amides is 1. The summed E-state index contributed by atoms with van der Waals surface area (Å²) in [7, 11) is 1.88. The van der Waals surface area contributed by atoms with Gasteiger partial charge in [-0.2, -0.15) is 0 Å². The normalized spacial score (nSPS) is 21.2. The second-order valence-corrected chi connectivity index (χ2v) is 8.75. The van der Waals surface area contributed by atoms with Crippen molar-refractivity contribution in [2.24, 2.45) is 7.05 Å². The summed E-state index contributed by atoms with van der Waals surface area (Å²) in [5.41, 5.74) is 2.93. The molecule has 30 heavy (non-hydrogen) atoms. The maximum absolute atomic E-state index is 14.6. The highest BCUT2D eigenvalue weighted by molar-refractivity contribution is 7.71. The Kier molecular flexibility index (Phi) is 4.52. The molecule has 1 N–H and O–H groups in total. The molecule has 2 aliphatic rings. The highest BCUT2D eigenvalue weighted by Crippen LogP contribution is 2.66. The van der Waals surface area contributed by atoms with E-state index in [-0.39, 0.29) is 29.5 Å². The van der Waals surface area contributed by atoms with Crippen LogP contribution in [0.25, 0.3) is 0 Å². The Bertz CT molecular complexity index is 1220. The number of nitrogens with one attached hydrogen (secondary N) is 1. The highest BCUT2D eigenvalue weighted by Gasteiger charge is 2.63. The van der Waals surface area contributed by atoms with Gasteiger partial charge in [-0.1, -0.05) is 11.6 Å². The molecule has 5 rings (SSSR count). The smallest absolute Gasteiger partial charge is 0.226 e. The number of hydrogen-bond acceptors (Lipinski definition) is 4. The molecule has 6 nitrogen and oxygen atoms in total. The lowest BCUT2D eigenvalue weighted by molar-refractivity contribution is -0.120. The van der Waals surface area contributed by atoms with Crippen LogP contribution < -0.4 is 5.32 Å². The Morgan fingerprint density at radius 1 is 1.43 bits per heavy atom. The second-order valence-electron chi connectivity index (χ2n) is 7.95. The predicted octanol–water partition coefficient (Wildman–Crippen LogP) is 3.44. The summed E-state index contributed by atoms with van der Waals surface area (Å²) < 4.78 is 19.2. The summed E-state index contributed by atoms with van der Waals surface area (Å²) in [5.74, 6) is -0.228. The van der Waals surface area contributed by atoms with Gasteiger partial charge >= 0.3 is 0 Å². The van der Waals surface area contributed by atoms with Gasteiger partial charge in [-0.15, -0.1) is 0 Å². The molecule has 1 aliphatic carbocycles. The molecule has 154 valence electrons. The van der Waals surface area contributed by atoms with E-state index in [1.54, 1.807) is 30.7 Å². The van der Waals surface area contributed by atoms with Gasteiger partial charge in [0.05, 0.1) is 24.9 Å². The number of carbonyl (C=O) groups excluding carboxylic acids is 1. The van der Waals surface area contributed by atoms with E-state index in [9.17, 15) is 9.18 Å². The van der Waals surface area contributed by atoms with Crippen LogP contribution in [-0.4, -0.2) is 25.0 Å². The van der Waals surface area contributed by atoms with Crippen molar-refractivity contribution >= 4 is 29.7 Å². The average Bonchev–Trinajstić information content (AvgIpc) is 3.30. The van der Waals surface area contributed by atoms with Gasteiger partial charge in [0.25, 0.3) is 0 Å². The first kappa shape index (κ1) is 19.4. The zero-order chi connectivity index (χ0) is 21.0. The van der Waals surface area contributed by atoms with E-state index < -0.39 is 0 Å². The zero-order valence-electron chi connectivity index (χ0n) is 16.2. The molecule has 9 heteroatoms. The third-order valence-corrected chi connectivity index (χ3v) is 6.96. The number of imidazole rings is 1. The van der Waals surface area contributed by atoms with Gasteiger partial charge in [-0.05, 0) is 42.4 Å². The fraction of sp³-hybridized carbons (Fsp3) is 0.333. The molecule has 3 heterocycles. The molecule has 0 bridgehead atoms. The minimum Gasteiger partial charge on any atom is -0.350 e. The van der Waals surface area contributed by atoms with Gasteiger partial charge < -0.3 is 14.5 Å². The first-order chi connectivity index (χ1) is 14.4. The molecule has 2 atom stereocenters. The maximum atomic E-state index is 14.6. The van der Waals surface area contributed by atoms with Gasteiger partial charge in [-0.3, -0.25) is 14.8 Å². The summed E-state index contributed by atoms with van der Waals surface area (Å²) in [6.45, 7) is 0.923. The van der Waals surface area contributed by atoms with Gasteiger partial charge in [-0.25, -0.2) is 4.39 Å². The van der Waals surface area contributed by atoms with Gasteiger partial charge in [0, 0.05) is 53.7 Å². The lowest BCUT2D eigenvalue weighted by atomic mass is 9.93. The minimum atomic E-state index is -0.322. The van der Waals surface area contributed by atoms with Crippen LogP contribution in [-0.2, 0) is 36.8 Å². The fourth-order valence-electron chi connectivity index (χ4n) is 4.69. The molecule has 1 saturated carbocycles. The Hall–Kier alpha value is -2.58. The molecular formula is C21H19ClFN5OS. The monoisotopic (exact) mass is 443 g/mol. The largest absolute Gasteiger partial charge is 0.350 e. The summed E-state index contributed by atoms with van der Waals surface area (Å²) in [6, 6.07) is 4.71. The second kappa shape index (κ2) is 6.99. The Labute approximate surface area is 182 Å². The van der Waals surface area contributed by atoms with E-state index in [1.807, 2.05) is 11.6 Å². The summed E-state index contributed by atoms with van der Waals surface area (Å²) in [6.07, 6.45) is 5.83. The number of hydrogen-bond donors (Lipinski definition) is 1. The van der Waals surface area contributed by atoms with Crippen LogP contribution in [0.4, 0.5) is 4.39 Å². The van der Waals surface area contributed by atoms with Crippen LogP contribution in [0.3, 0.4) is 0 Å². The standard InChI is InChI=1S/C21H19ClFN5OS/c1-27-17(7-18(29)26-10-13-9-24-4-5-25-13)19-15-8-21(15,11-28(19)20(27)30)14-6-12(22)2-3-16(14)23/h2-6,9,15H,7-8,10-11H2,1H3,(H,26,29)/t15-,21+/m0/s1. The van der Waals surface area contributed by atoms with Crippen molar-refractivity contribution in [3.05, 3.63) is 75.0 Å². The van der Waals surface area contributed by atoms with E-state index in [0.717, 1.165) is 17.8 Å². The van der Waals surface area contributed by atoms with E-state index in [1.165, 1.54) is 6.07 Å². The Morgan fingerprint density at radius 2 is 2.27 bits per heavy atom. The van der Waals surface area contributed by atoms with Gasteiger partial charge in [0.2, 0.25) is 5.91 Å². The Morgan fingerprint density at radius 3 is 3.03 bits per heavy atom. The van der Waals surface area contributed by atoms with Crippen LogP contribution in [0.2, 0.25) is 5.02 Å². The summed E-state index contributed by atoms with van der Waals surface area (Å²) in [4.78, 5) is 20.8. The number of carbonyl (C=O) groups is 1. The maximum Gasteiger partial charge on any atom is 0.226 e. The first-order valence-corrected chi connectivity index (χ1v) is 10.4. The molecule has 0 unspecified atom stereocenters. The SMILES string of the molecule is Cn1c(CC(=O)NCc2cnccn2)c2n(c1=S)C[C@@]1(c3cc(Cl)ccc3F)C[C@@H]21. The van der Waals surface area contributed by atoms with Crippen molar-refractivity contribution in [3.63, 3.8) is 0 Å². The van der Waals surface area contributed by atoms with E-state index in [0.29, 0.717) is 34.1 Å². The molecule has 0 radical (unpaired) electrons. The van der Waals surface area contributed by atoms with E-state index in [2.05, 4.69) is 19.9 Å². The molecule has 1 amide bonds. The molecule has 2 aromatic heterocycles. The van der Waals surface area contributed by atoms with Crippen LogP contribution in [0.1, 0.15) is 35.0 Å². The van der Waals surface area contributed by atoms with Crippen LogP contribution in [0.5, 0.6) is 0 Å². The molecule has 1 aliphatic heterocycles. The van der Waals surface area contributed by atoms with Crippen molar-refractivity contribution in [2.75, 3.05) is 0 Å². The number of nitrogens with zero attached hydrogens (tertiary/aromatic N) is 4. The third-order valence-electron chi connectivity index (χ3n) is 6.23. The van der Waals surface area contributed by atoms with Crippen molar-refractivity contribution in [1.82, 2.24) is 24.4 Å². The van der Waals surface area contributed by atoms with Crippen molar-refractivity contribution in [2.45, 2.75) is 37.3 Å². The lowest BCUT2D eigenvalue weighted by Gasteiger charge is -2.15. The quantitative estimate of drug-likeness (QED) is 0.613. The molecule has 0 spiro atoms. The molecule has 1 aromatic carbocycles. The molecule has 0 saturated heterocycles. The lowest BCUT2D eigenvalue weighted by Crippen LogP contribution is -2.26. The summed E-state index contributed by atoms with van der Waals surface area (Å²) >= 11 is 11.8. The minimum absolute atomic E-state index is 0.119. The van der Waals surface area contributed by atoms with Gasteiger partial charge in [0.1, 0.15) is 5.82 Å². The number of fused-ring (bicyclic) bond motifs is 3. The van der Waals surface area contributed by atoms with Crippen molar-refractivity contribution in [3.8, 4) is 0 Å². The average molecular weight is 444 g/mol. The Balaban J connectivity index is 1.40. The van der Waals surface area contributed by atoms with Gasteiger partial charge in [0.15, 0.2) is 4.77 Å². The number of benzene rings is 1. The van der Waals surface area contributed by atoms with Crippen LogP contribution in [0, 0.1) is 10.6 Å². The van der Waals surface area contributed by atoms with Crippen molar-refractivity contribution in [1.29, 1.82) is 0 Å². The molecule has 1 fully saturated rings. The summed E-state index contributed by atoms with van der Waals surface area (Å²) in [5, 5.41) is 3.41. The molecular weight excluding hydrogens is 425 g/mol. The highest BCUT2D eigenvalue weighted by atomic mass is 35.5. The zero-order valence-corrected chi connectivity index (χ0v) is 17.8. The third kappa shape index (κ3) is 2.97. The molecule has 3 aromatic rings.